The van der Waals surface area contributed by atoms with Gasteiger partial charge in [0.15, 0.2) is 0 Å². The van der Waals surface area contributed by atoms with Crippen molar-refractivity contribution in [2.75, 3.05) is 26.1 Å². The third-order valence-corrected chi connectivity index (χ3v) is 5.15. The Kier molecular flexibility index (Phi) is 6.52. The van der Waals surface area contributed by atoms with Gasteiger partial charge < -0.3 is 4.90 Å². The van der Waals surface area contributed by atoms with Crippen LogP contribution in [0.5, 0.6) is 0 Å². The van der Waals surface area contributed by atoms with E-state index < -0.39 is 0 Å². The number of rotatable bonds is 5. The van der Waals surface area contributed by atoms with Crippen LogP contribution >= 0.6 is 35.8 Å². The minimum atomic E-state index is 0. The quantitative estimate of drug-likeness (QED) is 0.787. The zero-order chi connectivity index (χ0) is 13.2. The summed E-state index contributed by atoms with van der Waals surface area (Å²) in [6.07, 6.45) is 6.15. The highest BCUT2D eigenvalue weighted by Crippen LogP contribution is 2.48. The van der Waals surface area contributed by atoms with Gasteiger partial charge in [-0.15, -0.1) is 12.4 Å². The van der Waals surface area contributed by atoms with Crippen LogP contribution in [-0.2, 0) is 5.41 Å². The summed E-state index contributed by atoms with van der Waals surface area (Å²) in [5.74, 6) is 1.19. The maximum Gasteiger partial charge on any atom is 0.0406 e. The van der Waals surface area contributed by atoms with Crippen molar-refractivity contribution in [2.24, 2.45) is 0 Å². The fourth-order valence-electron chi connectivity index (χ4n) is 3.11. The molecule has 2 rings (SSSR count). The van der Waals surface area contributed by atoms with Crippen LogP contribution in [0.3, 0.4) is 0 Å². The SMILES string of the molecule is CSCC(N(C)C)C1(c2ccc(Cl)cc2)CCC1.Cl. The van der Waals surface area contributed by atoms with E-state index in [-0.39, 0.29) is 12.4 Å². The summed E-state index contributed by atoms with van der Waals surface area (Å²) >= 11 is 7.96. The first-order chi connectivity index (χ1) is 8.60. The maximum absolute atomic E-state index is 6.01. The van der Waals surface area contributed by atoms with E-state index in [2.05, 4.69) is 37.4 Å². The molecular formula is C15H23Cl2NS. The van der Waals surface area contributed by atoms with Crippen LogP contribution in [-0.4, -0.2) is 37.0 Å². The zero-order valence-corrected chi connectivity index (χ0v) is 14.2. The smallest absolute Gasteiger partial charge is 0.0406 e. The van der Waals surface area contributed by atoms with Crippen molar-refractivity contribution in [3.8, 4) is 0 Å². The highest BCUT2D eigenvalue weighted by Gasteiger charge is 2.45. The molecular weight excluding hydrogens is 297 g/mol. The van der Waals surface area contributed by atoms with Gasteiger partial charge in [-0.1, -0.05) is 30.2 Å². The summed E-state index contributed by atoms with van der Waals surface area (Å²) in [5, 5.41) is 0.833. The lowest BCUT2D eigenvalue weighted by Crippen LogP contribution is -2.53. The van der Waals surface area contributed by atoms with Crippen molar-refractivity contribution < 1.29 is 0 Å². The number of halogens is 2. The Morgan fingerprint density at radius 1 is 1.26 bits per heavy atom. The number of thioether (sulfide) groups is 1. The molecule has 1 fully saturated rings. The summed E-state index contributed by atoms with van der Waals surface area (Å²) in [6, 6.07) is 9.12. The van der Waals surface area contributed by atoms with E-state index in [0.29, 0.717) is 11.5 Å². The minimum absolute atomic E-state index is 0. The van der Waals surface area contributed by atoms with E-state index in [4.69, 9.17) is 11.6 Å². The van der Waals surface area contributed by atoms with Crippen LogP contribution in [0.1, 0.15) is 24.8 Å². The molecule has 1 aliphatic carbocycles. The molecule has 1 atom stereocenters. The van der Waals surface area contributed by atoms with Gasteiger partial charge in [0, 0.05) is 22.2 Å². The average Bonchev–Trinajstić information content (AvgIpc) is 2.28. The van der Waals surface area contributed by atoms with Crippen molar-refractivity contribution >= 4 is 35.8 Å². The molecule has 0 aromatic heterocycles. The zero-order valence-electron chi connectivity index (χ0n) is 11.9. The van der Waals surface area contributed by atoms with Crippen molar-refractivity contribution in [1.29, 1.82) is 0 Å². The number of likely N-dealkylation sites (N-methyl/N-ethyl adjacent to an activating group) is 1. The largest absolute Gasteiger partial charge is 0.305 e. The van der Waals surface area contributed by atoms with Crippen LogP contribution in [0, 0.1) is 0 Å². The Hall–Kier alpha value is 0.110. The van der Waals surface area contributed by atoms with Crippen LogP contribution in [0.4, 0.5) is 0 Å². The Bertz CT molecular complexity index is 388. The minimum Gasteiger partial charge on any atom is -0.305 e. The normalized spacial score (nSPS) is 18.6. The van der Waals surface area contributed by atoms with Gasteiger partial charge in [-0.2, -0.15) is 11.8 Å². The number of hydrogen-bond donors (Lipinski definition) is 0. The topological polar surface area (TPSA) is 3.24 Å². The molecule has 1 aromatic carbocycles. The van der Waals surface area contributed by atoms with E-state index >= 15 is 0 Å². The number of hydrogen-bond acceptors (Lipinski definition) is 2. The van der Waals surface area contributed by atoms with Crippen molar-refractivity contribution in [2.45, 2.75) is 30.7 Å². The molecule has 0 bridgehead atoms. The van der Waals surface area contributed by atoms with E-state index in [1.807, 2.05) is 23.9 Å². The van der Waals surface area contributed by atoms with Gasteiger partial charge in [0.1, 0.15) is 0 Å². The highest BCUT2D eigenvalue weighted by molar-refractivity contribution is 7.98. The summed E-state index contributed by atoms with van der Waals surface area (Å²) in [7, 11) is 4.41. The standard InChI is InChI=1S/C15H22ClNS.ClH/c1-17(2)14(11-18-3)15(9-4-10-15)12-5-7-13(16)8-6-12;/h5-8,14H,4,9-11H2,1-3H3;1H. The van der Waals surface area contributed by atoms with Crippen molar-refractivity contribution in [3.05, 3.63) is 34.9 Å². The van der Waals surface area contributed by atoms with Crippen molar-refractivity contribution in [3.63, 3.8) is 0 Å². The summed E-state index contributed by atoms with van der Waals surface area (Å²) in [5.41, 5.74) is 1.81. The molecule has 0 aliphatic heterocycles. The molecule has 1 saturated carbocycles. The second kappa shape index (κ2) is 7.21. The summed E-state index contributed by atoms with van der Waals surface area (Å²) in [6.45, 7) is 0. The van der Waals surface area contributed by atoms with Gasteiger partial charge >= 0.3 is 0 Å². The molecule has 1 unspecified atom stereocenters. The molecule has 108 valence electrons. The molecule has 0 amide bonds. The predicted molar refractivity (Wildman–Crippen MR) is 90.1 cm³/mol. The lowest BCUT2D eigenvalue weighted by atomic mass is 9.60. The first kappa shape index (κ1) is 17.2. The van der Waals surface area contributed by atoms with Gasteiger partial charge in [0.25, 0.3) is 0 Å². The maximum atomic E-state index is 6.01. The second-order valence-electron chi connectivity index (χ2n) is 5.45. The van der Waals surface area contributed by atoms with Gasteiger partial charge in [-0.3, -0.25) is 0 Å². The van der Waals surface area contributed by atoms with E-state index in [9.17, 15) is 0 Å². The fraction of sp³-hybridized carbons (Fsp3) is 0.600. The molecule has 0 radical (unpaired) electrons. The Labute approximate surface area is 132 Å². The van der Waals surface area contributed by atoms with Gasteiger partial charge in [0.05, 0.1) is 0 Å². The molecule has 1 nitrogen and oxygen atoms in total. The Morgan fingerprint density at radius 3 is 2.21 bits per heavy atom. The van der Waals surface area contributed by atoms with E-state index in [1.165, 1.54) is 30.6 Å². The molecule has 0 spiro atoms. The first-order valence-electron chi connectivity index (χ1n) is 6.51. The van der Waals surface area contributed by atoms with Gasteiger partial charge in [0.2, 0.25) is 0 Å². The lowest BCUT2D eigenvalue weighted by Gasteiger charge is -2.50. The number of benzene rings is 1. The molecule has 0 N–H and O–H groups in total. The van der Waals surface area contributed by atoms with E-state index in [0.717, 1.165) is 5.02 Å². The van der Waals surface area contributed by atoms with Gasteiger partial charge in [-0.05, 0) is 50.9 Å². The summed E-state index contributed by atoms with van der Waals surface area (Å²) < 4.78 is 0. The first-order valence-corrected chi connectivity index (χ1v) is 8.29. The van der Waals surface area contributed by atoms with Crippen LogP contribution in [0.25, 0.3) is 0 Å². The fourth-order valence-corrected chi connectivity index (χ4v) is 4.17. The Morgan fingerprint density at radius 2 is 1.84 bits per heavy atom. The van der Waals surface area contributed by atoms with Crippen LogP contribution < -0.4 is 0 Å². The third-order valence-electron chi connectivity index (χ3n) is 4.25. The van der Waals surface area contributed by atoms with Crippen LogP contribution in [0.15, 0.2) is 24.3 Å². The second-order valence-corrected chi connectivity index (χ2v) is 6.80. The third kappa shape index (κ3) is 3.41. The van der Waals surface area contributed by atoms with Gasteiger partial charge in [-0.25, -0.2) is 0 Å². The number of nitrogens with zero attached hydrogens (tertiary/aromatic N) is 1. The molecule has 1 aliphatic rings. The lowest BCUT2D eigenvalue weighted by molar-refractivity contribution is 0.113. The molecule has 1 aromatic rings. The molecule has 0 saturated heterocycles. The average molecular weight is 320 g/mol. The van der Waals surface area contributed by atoms with E-state index in [1.54, 1.807) is 0 Å². The monoisotopic (exact) mass is 319 g/mol. The van der Waals surface area contributed by atoms with Crippen molar-refractivity contribution in [1.82, 2.24) is 4.90 Å². The summed E-state index contributed by atoms with van der Waals surface area (Å²) in [4.78, 5) is 2.39. The van der Waals surface area contributed by atoms with Crippen LogP contribution in [0.2, 0.25) is 5.02 Å². The molecule has 19 heavy (non-hydrogen) atoms. The Balaban J connectivity index is 0.00000180. The molecule has 4 heteroatoms. The highest BCUT2D eigenvalue weighted by atomic mass is 35.5. The molecule has 0 heterocycles. The predicted octanol–water partition coefficient (Wildman–Crippen LogP) is 4.48.